The van der Waals surface area contributed by atoms with E-state index < -0.39 is 10.6 Å². The summed E-state index contributed by atoms with van der Waals surface area (Å²) in [5, 5.41) is 10.8. The summed E-state index contributed by atoms with van der Waals surface area (Å²) < 4.78 is 5.31. The van der Waals surface area contributed by atoms with E-state index >= 15 is 0 Å². The predicted molar refractivity (Wildman–Crippen MR) is 69.1 cm³/mol. The average Bonchev–Trinajstić information content (AvgIpc) is 2.75. The zero-order chi connectivity index (χ0) is 13.8. The summed E-state index contributed by atoms with van der Waals surface area (Å²) in [4.78, 5) is 22.7. The molecular formula is C10H11N5O3S. The Kier molecular flexibility index (Phi) is 3.85. The Morgan fingerprint density at radius 2 is 2.26 bits per heavy atom. The second-order valence-electron chi connectivity index (χ2n) is 3.63. The van der Waals surface area contributed by atoms with E-state index in [1.807, 2.05) is 6.92 Å². The highest BCUT2D eigenvalue weighted by Crippen LogP contribution is 2.28. The van der Waals surface area contributed by atoms with Crippen LogP contribution in [0.15, 0.2) is 11.8 Å². The topological polar surface area (TPSA) is 117 Å². The van der Waals surface area contributed by atoms with Gasteiger partial charge in [-0.25, -0.2) is 9.97 Å². The van der Waals surface area contributed by atoms with Gasteiger partial charge in [-0.05, 0) is 6.92 Å². The smallest absolute Gasteiger partial charge is 0.372 e. The first-order valence-electron chi connectivity index (χ1n) is 5.36. The number of nitrogen functional groups attached to an aromatic ring is 1. The second kappa shape index (κ2) is 5.57. The Morgan fingerprint density at radius 3 is 2.89 bits per heavy atom. The van der Waals surface area contributed by atoms with E-state index in [0.717, 1.165) is 16.9 Å². The molecule has 0 fully saturated rings. The van der Waals surface area contributed by atoms with Gasteiger partial charge in [-0.1, -0.05) is 0 Å². The molecule has 2 heterocycles. The fourth-order valence-corrected chi connectivity index (χ4v) is 2.22. The van der Waals surface area contributed by atoms with Crippen molar-refractivity contribution in [1.29, 1.82) is 0 Å². The number of aryl methyl sites for hydroxylation is 1. The number of hydrogen-bond donors (Lipinski definition) is 1. The van der Waals surface area contributed by atoms with Crippen molar-refractivity contribution >= 4 is 22.8 Å². The van der Waals surface area contributed by atoms with Crippen LogP contribution in [0.3, 0.4) is 0 Å². The third-order valence-electron chi connectivity index (χ3n) is 2.41. The third kappa shape index (κ3) is 2.94. The van der Waals surface area contributed by atoms with E-state index in [9.17, 15) is 10.1 Å². The van der Waals surface area contributed by atoms with E-state index in [1.54, 1.807) is 5.51 Å². The summed E-state index contributed by atoms with van der Waals surface area (Å²) in [6, 6.07) is 0. The van der Waals surface area contributed by atoms with Crippen LogP contribution in [0.2, 0.25) is 0 Å². The number of anilines is 1. The van der Waals surface area contributed by atoms with Gasteiger partial charge < -0.3 is 10.5 Å². The molecule has 0 saturated heterocycles. The highest BCUT2D eigenvalue weighted by Gasteiger charge is 2.22. The maximum absolute atomic E-state index is 10.8. The lowest BCUT2D eigenvalue weighted by atomic mass is 10.3. The maximum atomic E-state index is 10.8. The van der Waals surface area contributed by atoms with E-state index in [2.05, 4.69) is 15.0 Å². The van der Waals surface area contributed by atoms with Crippen LogP contribution < -0.4 is 10.5 Å². The minimum Gasteiger partial charge on any atom is -0.472 e. The van der Waals surface area contributed by atoms with E-state index in [0.29, 0.717) is 6.42 Å². The van der Waals surface area contributed by atoms with Crippen molar-refractivity contribution in [2.75, 3.05) is 12.3 Å². The summed E-state index contributed by atoms with van der Waals surface area (Å²) in [5.41, 5.74) is 7.71. The van der Waals surface area contributed by atoms with Crippen LogP contribution in [0, 0.1) is 17.0 Å². The van der Waals surface area contributed by atoms with E-state index in [4.69, 9.17) is 10.5 Å². The molecule has 0 unspecified atom stereocenters. The monoisotopic (exact) mass is 281 g/mol. The number of nitro groups is 1. The molecule has 0 aliphatic rings. The van der Waals surface area contributed by atoms with Crippen LogP contribution in [0.25, 0.3) is 0 Å². The Labute approximate surface area is 112 Å². The largest absolute Gasteiger partial charge is 0.472 e. The number of nitrogens with two attached hydrogens (primary N) is 1. The molecule has 2 aromatic rings. The molecule has 0 spiro atoms. The molecule has 19 heavy (non-hydrogen) atoms. The van der Waals surface area contributed by atoms with Crippen LogP contribution in [-0.4, -0.2) is 26.5 Å². The van der Waals surface area contributed by atoms with Gasteiger partial charge in [0.15, 0.2) is 0 Å². The molecule has 2 aromatic heterocycles. The quantitative estimate of drug-likeness (QED) is 0.649. The molecular weight excluding hydrogens is 270 g/mol. The van der Waals surface area contributed by atoms with Gasteiger partial charge in [0.05, 0.1) is 22.7 Å². The lowest BCUT2D eigenvalue weighted by Gasteiger charge is -2.05. The Hall–Kier alpha value is -2.29. The van der Waals surface area contributed by atoms with Crippen LogP contribution in [0.5, 0.6) is 5.88 Å². The average molecular weight is 281 g/mol. The molecule has 0 amide bonds. The van der Waals surface area contributed by atoms with Gasteiger partial charge in [-0.3, -0.25) is 10.1 Å². The number of hydrogen-bond acceptors (Lipinski definition) is 8. The number of rotatable bonds is 5. The van der Waals surface area contributed by atoms with E-state index in [1.165, 1.54) is 11.3 Å². The van der Waals surface area contributed by atoms with Crippen molar-refractivity contribution in [1.82, 2.24) is 15.0 Å². The van der Waals surface area contributed by atoms with Crippen LogP contribution in [-0.2, 0) is 6.42 Å². The minimum absolute atomic E-state index is 0.111. The lowest BCUT2D eigenvalue weighted by Crippen LogP contribution is -2.07. The molecule has 2 rings (SSSR count). The molecule has 100 valence electrons. The van der Waals surface area contributed by atoms with Gasteiger partial charge in [-0.15, -0.1) is 11.3 Å². The molecule has 0 saturated carbocycles. The maximum Gasteiger partial charge on any atom is 0.372 e. The van der Waals surface area contributed by atoms with Crippen LogP contribution in [0.1, 0.15) is 10.6 Å². The highest BCUT2D eigenvalue weighted by atomic mass is 32.1. The summed E-state index contributed by atoms with van der Waals surface area (Å²) >= 11 is 1.52. The van der Waals surface area contributed by atoms with Gasteiger partial charge in [0.2, 0.25) is 5.82 Å². The fourth-order valence-electron chi connectivity index (χ4n) is 1.46. The van der Waals surface area contributed by atoms with Crippen molar-refractivity contribution in [2.45, 2.75) is 13.3 Å². The Morgan fingerprint density at radius 1 is 1.47 bits per heavy atom. The Balaban J connectivity index is 2.06. The minimum atomic E-state index is -0.650. The van der Waals surface area contributed by atoms with Crippen molar-refractivity contribution in [2.24, 2.45) is 0 Å². The van der Waals surface area contributed by atoms with Crippen LogP contribution in [0.4, 0.5) is 11.5 Å². The van der Waals surface area contributed by atoms with Crippen LogP contribution >= 0.6 is 11.3 Å². The van der Waals surface area contributed by atoms with Crippen molar-refractivity contribution in [3.8, 4) is 5.88 Å². The number of thiazole rings is 1. The third-order valence-corrected chi connectivity index (χ3v) is 3.41. The highest BCUT2D eigenvalue weighted by molar-refractivity contribution is 7.09. The zero-order valence-electron chi connectivity index (χ0n) is 10.1. The van der Waals surface area contributed by atoms with Crippen molar-refractivity contribution in [3.63, 3.8) is 0 Å². The molecule has 2 N–H and O–H groups in total. The van der Waals surface area contributed by atoms with Crippen molar-refractivity contribution < 1.29 is 9.66 Å². The molecule has 0 aromatic carbocycles. The first-order chi connectivity index (χ1) is 9.09. The number of ether oxygens (including phenoxy) is 1. The second-order valence-corrected chi connectivity index (χ2v) is 4.57. The normalized spacial score (nSPS) is 10.4. The van der Waals surface area contributed by atoms with Gasteiger partial charge in [-0.2, -0.15) is 4.98 Å². The summed E-state index contributed by atoms with van der Waals surface area (Å²) in [5.74, 6) is -0.316. The SMILES string of the molecule is Cc1ncsc1CCOc1ncnc(N)c1[N+](=O)[O-]. The number of aromatic nitrogens is 3. The standard InChI is InChI=1S/C10H11N5O3S/c1-6-7(19-5-14-6)2-3-18-10-8(15(16)17)9(11)12-4-13-10/h4-5H,2-3H2,1H3,(H2,11,12,13). The summed E-state index contributed by atoms with van der Waals surface area (Å²) in [6.45, 7) is 2.16. The van der Waals surface area contributed by atoms with Gasteiger partial charge in [0, 0.05) is 11.3 Å². The van der Waals surface area contributed by atoms with E-state index in [-0.39, 0.29) is 18.3 Å². The molecule has 0 aliphatic carbocycles. The van der Waals surface area contributed by atoms with Gasteiger partial charge in [0.25, 0.3) is 5.88 Å². The van der Waals surface area contributed by atoms with Crippen molar-refractivity contribution in [3.05, 3.63) is 32.5 Å². The predicted octanol–water partition coefficient (Wildman–Crippen LogP) is 1.35. The molecule has 0 radical (unpaired) electrons. The molecule has 0 atom stereocenters. The molecule has 0 aliphatic heterocycles. The number of nitrogens with zero attached hydrogens (tertiary/aromatic N) is 4. The fraction of sp³-hybridized carbons (Fsp3) is 0.300. The molecule has 9 heteroatoms. The molecule has 8 nitrogen and oxygen atoms in total. The zero-order valence-corrected chi connectivity index (χ0v) is 10.9. The first kappa shape index (κ1) is 13.1. The first-order valence-corrected chi connectivity index (χ1v) is 6.24. The summed E-state index contributed by atoms with van der Waals surface area (Å²) in [6.07, 6.45) is 1.74. The van der Waals surface area contributed by atoms with Gasteiger partial charge in [0.1, 0.15) is 6.33 Å². The Bertz CT molecular complexity index is 601. The summed E-state index contributed by atoms with van der Waals surface area (Å²) in [7, 11) is 0. The van der Waals surface area contributed by atoms with Gasteiger partial charge >= 0.3 is 5.69 Å². The lowest BCUT2D eigenvalue weighted by molar-refractivity contribution is -0.385. The molecule has 0 bridgehead atoms.